The molecule has 0 unspecified atom stereocenters. The highest BCUT2D eigenvalue weighted by Crippen LogP contribution is 2.31. The first-order valence-corrected chi connectivity index (χ1v) is 4.90. The van der Waals surface area contributed by atoms with Crippen molar-refractivity contribution in [1.29, 1.82) is 0 Å². The van der Waals surface area contributed by atoms with Gasteiger partial charge in [0, 0.05) is 17.1 Å². The number of rotatable bonds is 2. The van der Waals surface area contributed by atoms with E-state index in [0.29, 0.717) is 0 Å². The van der Waals surface area contributed by atoms with Gasteiger partial charge in [0.2, 0.25) is 0 Å². The number of hydrogen-bond acceptors (Lipinski definition) is 2. The Morgan fingerprint density at radius 3 is 3.00 bits per heavy atom. The molecule has 0 saturated carbocycles. The lowest BCUT2D eigenvalue weighted by atomic mass is 10.0. The van der Waals surface area contributed by atoms with Gasteiger partial charge in [0.25, 0.3) is 0 Å². The van der Waals surface area contributed by atoms with Crippen LogP contribution in [0.3, 0.4) is 0 Å². The van der Waals surface area contributed by atoms with Gasteiger partial charge in [-0.25, -0.2) is 0 Å². The molecule has 0 bridgehead atoms. The van der Waals surface area contributed by atoms with Gasteiger partial charge in [-0.1, -0.05) is 12.7 Å². The lowest BCUT2D eigenvalue weighted by Crippen LogP contribution is -1.80. The molecule has 2 heterocycles. The zero-order chi connectivity index (χ0) is 10.8. The number of pyridine rings is 1. The minimum absolute atomic E-state index is 0.809. The first-order chi connectivity index (χ1) is 7.27. The van der Waals surface area contributed by atoms with E-state index in [1.54, 1.807) is 18.5 Å². The summed E-state index contributed by atoms with van der Waals surface area (Å²) in [6.07, 6.45) is 7.31. The average Bonchev–Trinajstić information content (AvgIpc) is 2.66. The van der Waals surface area contributed by atoms with Gasteiger partial charge in [-0.15, -0.1) is 0 Å². The van der Waals surface area contributed by atoms with Crippen molar-refractivity contribution in [3.63, 3.8) is 0 Å². The molecule has 0 spiro atoms. The van der Waals surface area contributed by atoms with Gasteiger partial charge in [-0.2, -0.15) is 0 Å². The van der Waals surface area contributed by atoms with Crippen LogP contribution in [0.1, 0.15) is 25.2 Å². The number of fused-ring (bicyclic) bond motifs is 1. The maximum absolute atomic E-state index is 5.65. The van der Waals surface area contributed by atoms with Crippen molar-refractivity contribution in [2.75, 3.05) is 0 Å². The van der Waals surface area contributed by atoms with Crippen LogP contribution in [-0.2, 0) is 0 Å². The zero-order valence-corrected chi connectivity index (χ0v) is 8.95. The molecule has 0 aliphatic carbocycles. The molecule has 0 aliphatic heterocycles. The minimum atomic E-state index is 0.809. The molecule has 76 valence electrons. The Hall–Kier alpha value is -1.83. The number of furan rings is 1. The molecule has 2 aromatic heterocycles. The lowest BCUT2D eigenvalue weighted by Gasteiger charge is -1.98. The van der Waals surface area contributed by atoms with Crippen LogP contribution >= 0.6 is 0 Å². The minimum Gasteiger partial charge on any atom is -0.454 e. The topological polar surface area (TPSA) is 26.0 Å². The first-order valence-electron chi connectivity index (χ1n) is 4.90. The second-order valence-electron chi connectivity index (χ2n) is 3.39. The summed E-state index contributed by atoms with van der Waals surface area (Å²) >= 11 is 0. The normalized spacial score (nSPS) is 12.0. The number of allylic oxidation sites excluding steroid dienone is 2. The fraction of sp³-hybridized carbons (Fsp3) is 0.154. The van der Waals surface area contributed by atoms with Crippen LogP contribution in [0.5, 0.6) is 0 Å². The summed E-state index contributed by atoms with van der Waals surface area (Å²) in [5.41, 5.74) is 3.11. The molecule has 0 fully saturated rings. The molecule has 15 heavy (non-hydrogen) atoms. The Balaban J connectivity index is 2.84. The Bertz CT molecular complexity index is 534. The van der Waals surface area contributed by atoms with Crippen LogP contribution < -0.4 is 0 Å². The Kier molecular flexibility index (Phi) is 2.42. The van der Waals surface area contributed by atoms with Crippen molar-refractivity contribution in [3.8, 4) is 0 Å². The molecule has 2 aromatic rings. The number of nitrogens with zero attached hydrogens (tertiary/aromatic N) is 1. The third kappa shape index (κ3) is 1.48. The maximum atomic E-state index is 5.65. The Morgan fingerprint density at radius 1 is 1.53 bits per heavy atom. The second kappa shape index (κ2) is 3.73. The maximum Gasteiger partial charge on any atom is 0.153 e. The Morgan fingerprint density at radius 2 is 2.33 bits per heavy atom. The van der Waals surface area contributed by atoms with Crippen molar-refractivity contribution in [2.45, 2.75) is 13.8 Å². The third-order valence-electron chi connectivity index (χ3n) is 2.53. The van der Waals surface area contributed by atoms with E-state index in [1.807, 2.05) is 13.0 Å². The van der Waals surface area contributed by atoms with Crippen molar-refractivity contribution in [3.05, 3.63) is 42.4 Å². The molecular formula is C13H13NO. The van der Waals surface area contributed by atoms with Gasteiger partial charge in [-0.3, -0.25) is 4.98 Å². The van der Waals surface area contributed by atoms with E-state index in [0.717, 1.165) is 22.3 Å². The highest BCUT2D eigenvalue weighted by atomic mass is 16.3. The van der Waals surface area contributed by atoms with E-state index in [9.17, 15) is 0 Å². The van der Waals surface area contributed by atoms with E-state index in [-0.39, 0.29) is 0 Å². The molecule has 0 saturated heterocycles. The molecule has 0 atom stereocenters. The summed E-state index contributed by atoms with van der Waals surface area (Å²) < 4.78 is 5.65. The van der Waals surface area contributed by atoms with E-state index < -0.39 is 0 Å². The van der Waals surface area contributed by atoms with Crippen molar-refractivity contribution in [2.24, 2.45) is 0 Å². The summed E-state index contributed by atoms with van der Waals surface area (Å²) in [5.74, 6) is 0.814. The molecule has 2 heteroatoms. The van der Waals surface area contributed by atoms with Gasteiger partial charge in [0.1, 0.15) is 5.76 Å². The van der Waals surface area contributed by atoms with E-state index in [4.69, 9.17) is 4.42 Å². The molecule has 0 aromatic carbocycles. The smallest absolute Gasteiger partial charge is 0.153 e. The standard InChI is InChI=1S/C13H13NO/c1-4-9(3)13-10-6-7-14-8-12(10)15-11(13)5-2/h4-8H,2H2,1,3H3/b9-4-. The summed E-state index contributed by atoms with van der Waals surface area (Å²) in [4.78, 5) is 4.04. The summed E-state index contributed by atoms with van der Waals surface area (Å²) in [6, 6.07) is 1.97. The van der Waals surface area contributed by atoms with Gasteiger partial charge in [-0.05, 0) is 31.6 Å². The molecule has 0 amide bonds. The first kappa shape index (κ1) is 9.71. The van der Waals surface area contributed by atoms with Gasteiger partial charge >= 0.3 is 0 Å². The molecule has 2 rings (SSSR count). The molecule has 2 nitrogen and oxygen atoms in total. The van der Waals surface area contributed by atoms with Crippen LogP contribution in [0.25, 0.3) is 22.6 Å². The van der Waals surface area contributed by atoms with Gasteiger partial charge in [0.15, 0.2) is 5.58 Å². The van der Waals surface area contributed by atoms with Crippen LogP contribution in [0.2, 0.25) is 0 Å². The molecular weight excluding hydrogens is 186 g/mol. The summed E-state index contributed by atoms with van der Waals surface area (Å²) in [5, 5.41) is 1.09. The van der Waals surface area contributed by atoms with Crippen molar-refractivity contribution < 1.29 is 4.42 Å². The Labute approximate surface area is 88.9 Å². The van der Waals surface area contributed by atoms with E-state index in [2.05, 4.69) is 24.6 Å². The van der Waals surface area contributed by atoms with Crippen molar-refractivity contribution >= 4 is 22.6 Å². The quantitative estimate of drug-likeness (QED) is 0.733. The predicted octanol–water partition coefficient (Wildman–Crippen LogP) is 3.89. The second-order valence-corrected chi connectivity index (χ2v) is 3.39. The highest BCUT2D eigenvalue weighted by molar-refractivity contribution is 5.93. The summed E-state index contributed by atoms with van der Waals surface area (Å²) in [6.45, 7) is 7.85. The largest absolute Gasteiger partial charge is 0.454 e. The SMILES string of the molecule is C=Cc1oc2cnccc2c1/C(C)=C\C. The third-order valence-corrected chi connectivity index (χ3v) is 2.53. The summed E-state index contributed by atoms with van der Waals surface area (Å²) in [7, 11) is 0. The molecule has 0 aliphatic rings. The highest BCUT2D eigenvalue weighted by Gasteiger charge is 2.12. The van der Waals surface area contributed by atoms with Crippen LogP contribution in [-0.4, -0.2) is 4.98 Å². The fourth-order valence-electron chi connectivity index (χ4n) is 1.66. The van der Waals surface area contributed by atoms with Crippen LogP contribution in [0.4, 0.5) is 0 Å². The monoisotopic (exact) mass is 199 g/mol. The van der Waals surface area contributed by atoms with Gasteiger partial charge < -0.3 is 4.42 Å². The zero-order valence-electron chi connectivity index (χ0n) is 8.95. The number of hydrogen-bond donors (Lipinski definition) is 0. The predicted molar refractivity (Wildman–Crippen MR) is 63.4 cm³/mol. The lowest BCUT2D eigenvalue weighted by molar-refractivity contribution is 0.601. The van der Waals surface area contributed by atoms with Crippen LogP contribution in [0.15, 0.2) is 35.5 Å². The van der Waals surface area contributed by atoms with E-state index >= 15 is 0 Å². The van der Waals surface area contributed by atoms with Crippen molar-refractivity contribution in [1.82, 2.24) is 4.98 Å². The van der Waals surface area contributed by atoms with E-state index in [1.165, 1.54) is 5.57 Å². The fourth-order valence-corrected chi connectivity index (χ4v) is 1.66. The molecule has 0 radical (unpaired) electrons. The molecule has 0 N–H and O–H groups in total. The van der Waals surface area contributed by atoms with Crippen LogP contribution in [0, 0.1) is 0 Å². The number of aromatic nitrogens is 1. The van der Waals surface area contributed by atoms with Gasteiger partial charge in [0.05, 0.1) is 6.20 Å². The average molecular weight is 199 g/mol.